The summed E-state index contributed by atoms with van der Waals surface area (Å²) >= 11 is 0. The van der Waals surface area contributed by atoms with Gasteiger partial charge in [0.25, 0.3) is 0 Å². The van der Waals surface area contributed by atoms with Crippen molar-refractivity contribution in [3.63, 3.8) is 0 Å². The number of aromatic hydroxyl groups is 1. The fourth-order valence-electron chi connectivity index (χ4n) is 3.30. The predicted octanol–water partition coefficient (Wildman–Crippen LogP) is 1.34. The van der Waals surface area contributed by atoms with E-state index in [1.807, 2.05) is 4.90 Å². The molecule has 3 heterocycles. The van der Waals surface area contributed by atoms with E-state index in [9.17, 15) is 20.1 Å². The monoisotopic (exact) mass is 411 g/mol. The van der Waals surface area contributed by atoms with E-state index in [2.05, 4.69) is 20.3 Å². The number of rotatable bonds is 6. The van der Waals surface area contributed by atoms with Crippen molar-refractivity contribution in [2.45, 2.75) is 0 Å². The molecular weight excluding hydrogens is 390 g/mol. The number of aromatic nitrogens is 3. The number of nitrogens with zero attached hydrogens (tertiary/aromatic N) is 4. The Balaban J connectivity index is 2.00. The highest BCUT2D eigenvalue weighted by molar-refractivity contribution is 6.01. The average Bonchev–Trinajstić information content (AvgIpc) is 2.77. The van der Waals surface area contributed by atoms with Crippen molar-refractivity contribution in [2.75, 3.05) is 49.7 Å². The number of anilines is 2. The number of para-hydroxylation sites is 1. The van der Waals surface area contributed by atoms with Crippen molar-refractivity contribution in [1.29, 1.82) is 0 Å². The lowest BCUT2D eigenvalue weighted by atomic mass is 10.1. The van der Waals surface area contributed by atoms with Crippen LogP contribution in [0.1, 0.15) is 10.5 Å². The number of aromatic carboxylic acids is 1. The van der Waals surface area contributed by atoms with Gasteiger partial charge < -0.3 is 30.3 Å². The molecule has 0 aliphatic carbocycles. The fraction of sp³-hybridized carbons (Fsp3) is 0.300. The largest absolute Gasteiger partial charge is 0.507 e. The zero-order valence-corrected chi connectivity index (χ0v) is 16.1. The minimum absolute atomic E-state index is 0.00202. The smallest absolute Gasteiger partial charge is 0.354 e. The first-order valence-electron chi connectivity index (χ1n) is 9.50. The number of morpholine rings is 1. The molecule has 0 unspecified atom stereocenters. The zero-order chi connectivity index (χ0) is 21.1. The van der Waals surface area contributed by atoms with Crippen LogP contribution in [-0.4, -0.2) is 75.7 Å². The van der Waals surface area contributed by atoms with Gasteiger partial charge in [0.2, 0.25) is 5.95 Å². The van der Waals surface area contributed by atoms with Crippen LogP contribution in [0.25, 0.3) is 22.3 Å². The third kappa shape index (κ3) is 3.82. The van der Waals surface area contributed by atoms with E-state index in [1.165, 1.54) is 12.1 Å². The topological polar surface area (TPSA) is 141 Å². The SMILES string of the molecule is O=C(O)c1cc(NCCO)c2nc(N3CCOCC3)nc(-c3ccccc3O)c2n1. The van der Waals surface area contributed by atoms with Gasteiger partial charge in [-0.05, 0) is 18.2 Å². The third-order valence-corrected chi connectivity index (χ3v) is 4.74. The van der Waals surface area contributed by atoms with Crippen LogP contribution in [-0.2, 0) is 4.74 Å². The van der Waals surface area contributed by atoms with Gasteiger partial charge in [0.05, 0.1) is 25.5 Å². The number of hydrogen-bond donors (Lipinski definition) is 4. The number of carbonyl (C=O) groups is 1. The van der Waals surface area contributed by atoms with Crippen LogP contribution in [0, 0.1) is 0 Å². The third-order valence-electron chi connectivity index (χ3n) is 4.74. The number of benzene rings is 1. The van der Waals surface area contributed by atoms with Crippen LogP contribution in [0.4, 0.5) is 11.6 Å². The number of carboxylic acids is 1. The summed E-state index contributed by atoms with van der Waals surface area (Å²) in [6.45, 7) is 2.36. The number of hydrogen-bond acceptors (Lipinski definition) is 9. The minimum atomic E-state index is -1.20. The second-order valence-corrected chi connectivity index (χ2v) is 6.70. The van der Waals surface area contributed by atoms with E-state index in [1.54, 1.807) is 18.2 Å². The summed E-state index contributed by atoms with van der Waals surface area (Å²) in [6, 6.07) is 8.05. The molecule has 10 heteroatoms. The second kappa shape index (κ2) is 8.47. The maximum absolute atomic E-state index is 11.6. The number of carboxylic acid groups (broad SMARTS) is 1. The Morgan fingerprint density at radius 2 is 1.90 bits per heavy atom. The molecule has 0 amide bonds. The Bertz CT molecular complexity index is 1080. The van der Waals surface area contributed by atoms with Crippen molar-refractivity contribution in [1.82, 2.24) is 15.0 Å². The number of aliphatic hydroxyl groups is 1. The van der Waals surface area contributed by atoms with Crippen LogP contribution in [0.2, 0.25) is 0 Å². The Kier molecular flexibility index (Phi) is 5.59. The molecule has 1 aliphatic heterocycles. The second-order valence-electron chi connectivity index (χ2n) is 6.70. The van der Waals surface area contributed by atoms with Crippen LogP contribution in [0.5, 0.6) is 5.75 Å². The van der Waals surface area contributed by atoms with E-state index in [0.29, 0.717) is 54.7 Å². The molecule has 0 spiro atoms. The summed E-state index contributed by atoms with van der Waals surface area (Å²) in [5.41, 5.74) is 1.62. The highest BCUT2D eigenvalue weighted by atomic mass is 16.5. The van der Waals surface area contributed by atoms with Crippen molar-refractivity contribution in [2.24, 2.45) is 0 Å². The van der Waals surface area contributed by atoms with E-state index in [-0.39, 0.29) is 30.1 Å². The summed E-state index contributed by atoms with van der Waals surface area (Å²) in [6.07, 6.45) is 0. The molecule has 1 fully saturated rings. The molecular formula is C20H21N5O5. The van der Waals surface area contributed by atoms with Crippen molar-refractivity contribution < 1.29 is 24.9 Å². The number of nitrogens with one attached hydrogen (secondary N) is 1. The van der Waals surface area contributed by atoms with Gasteiger partial charge in [0, 0.05) is 25.2 Å². The molecule has 30 heavy (non-hydrogen) atoms. The summed E-state index contributed by atoms with van der Waals surface area (Å²) in [7, 11) is 0. The van der Waals surface area contributed by atoms with Gasteiger partial charge in [-0.1, -0.05) is 12.1 Å². The predicted molar refractivity (Wildman–Crippen MR) is 110 cm³/mol. The maximum Gasteiger partial charge on any atom is 0.354 e. The van der Waals surface area contributed by atoms with Gasteiger partial charge in [-0.15, -0.1) is 0 Å². The number of pyridine rings is 1. The Morgan fingerprint density at radius 1 is 1.13 bits per heavy atom. The Labute approximate surface area is 171 Å². The molecule has 4 rings (SSSR count). The van der Waals surface area contributed by atoms with Gasteiger partial charge in [-0.2, -0.15) is 0 Å². The van der Waals surface area contributed by atoms with E-state index >= 15 is 0 Å². The Morgan fingerprint density at radius 3 is 2.60 bits per heavy atom. The number of aliphatic hydroxyl groups excluding tert-OH is 1. The van der Waals surface area contributed by atoms with Gasteiger partial charge >= 0.3 is 5.97 Å². The molecule has 3 aromatic rings. The maximum atomic E-state index is 11.6. The first kappa shape index (κ1) is 19.8. The Hall–Kier alpha value is -3.50. The van der Waals surface area contributed by atoms with Crippen LogP contribution < -0.4 is 10.2 Å². The lowest BCUT2D eigenvalue weighted by Crippen LogP contribution is -2.37. The van der Waals surface area contributed by atoms with E-state index in [0.717, 1.165) is 0 Å². The molecule has 2 aromatic heterocycles. The summed E-state index contributed by atoms with van der Waals surface area (Å²) in [4.78, 5) is 27.2. The molecule has 156 valence electrons. The highest BCUT2D eigenvalue weighted by Crippen LogP contribution is 2.35. The average molecular weight is 411 g/mol. The molecule has 0 saturated carbocycles. The molecule has 1 aromatic carbocycles. The molecule has 1 aliphatic rings. The van der Waals surface area contributed by atoms with Gasteiger partial charge in [0.1, 0.15) is 22.5 Å². The first-order chi connectivity index (χ1) is 14.6. The number of phenolic OH excluding ortho intramolecular Hbond substituents is 1. The number of ether oxygens (including phenoxy) is 1. The summed E-state index contributed by atoms with van der Waals surface area (Å²) < 4.78 is 5.41. The van der Waals surface area contributed by atoms with Crippen molar-refractivity contribution in [3.05, 3.63) is 36.0 Å². The van der Waals surface area contributed by atoms with Gasteiger partial charge in [0.15, 0.2) is 5.69 Å². The summed E-state index contributed by atoms with van der Waals surface area (Å²) in [5.74, 6) is -0.775. The molecule has 0 radical (unpaired) electrons. The number of fused-ring (bicyclic) bond motifs is 1. The molecule has 10 nitrogen and oxygen atoms in total. The quantitative estimate of drug-likeness (QED) is 0.469. The number of phenols is 1. The van der Waals surface area contributed by atoms with E-state index < -0.39 is 5.97 Å². The zero-order valence-electron chi connectivity index (χ0n) is 16.1. The van der Waals surface area contributed by atoms with E-state index in [4.69, 9.17) is 4.74 Å². The van der Waals surface area contributed by atoms with Crippen LogP contribution in [0.3, 0.4) is 0 Å². The van der Waals surface area contributed by atoms with Crippen molar-refractivity contribution >= 4 is 28.6 Å². The van der Waals surface area contributed by atoms with Crippen molar-refractivity contribution in [3.8, 4) is 17.0 Å². The normalized spacial score (nSPS) is 14.1. The summed E-state index contributed by atoms with van der Waals surface area (Å²) in [5, 5.41) is 32.2. The van der Waals surface area contributed by atoms with Crippen LogP contribution in [0.15, 0.2) is 30.3 Å². The molecule has 4 N–H and O–H groups in total. The molecule has 0 bridgehead atoms. The fourth-order valence-corrected chi connectivity index (χ4v) is 3.30. The lowest BCUT2D eigenvalue weighted by molar-refractivity contribution is 0.0691. The lowest BCUT2D eigenvalue weighted by Gasteiger charge is -2.27. The van der Waals surface area contributed by atoms with Crippen LogP contribution >= 0.6 is 0 Å². The van der Waals surface area contributed by atoms with Gasteiger partial charge in [-0.3, -0.25) is 0 Å². The van der Waals surface area contributed by atoms with Gasteiger partial charge in [-0.25, -0.2) is 19.7 Å². The minimum Gasteiger partial charge on any atom is -0.507 e. The molecule has 1 saturated heterocycles. The first-order valence-corrected chi connectivity index (χ1v) is 9.50. The highest BCUT2D eigenvalue weighted by Gasteiger charge is 2.22. The standard InChI is InChI=1S/C20H21N5O5/c26-8-5-21-13-11-14(19(28)29)22-18-16(12-3-1-2-4-15(12)27)23-20(24-17(13)18)25-6-9-30-10-7-25/h1-4,11,26-27H,5-10H2,(H,21,22)(H,28,29). The molecule has 0 atom stereocenters.